The molecule has 0 radical (unpaired) electrons. The number of esters is 2. The lowest BCUT2D eigenvalue weighted by Crippen LogP contribution is -2.71. The van der Waals surface area contributed by atoms with E-state index in [9.17, 15) is 23.9 Å². The molecule has 38 heavy (non-hydrogen) atoms. The molecule has 7 nitrogen and oxygen atoms in total. The monoisotopic (exact) mass is 540 g/mol. The SMILES string of the molecule is C[C@@H]1CC2C3C[C@H](F)C4=CC(=O)C=C[C@]4(C)[C@@]3(F)[C@@H](O)C[C@]2(C)[C@@]1(OC(=O)[C@]1(C)CCCO1)C(=O)OCF. The van der Waals surface area contributed by atoms with Crippen LogP contribution < -0.4 is 0 Å². The summed E-state index contributed by atoms with van der Waals surface area (Å²) in [6, 6.07) is 0. The Kier molecular flexibility index (Phi) is 6.23. The van der Waals surface area contributed by atoms with Crippen molar-refractivity contribution in [3.05, 3.63) is 23.8 Å². The van der Waals surface area contributed by atoms with Crippen molar-refractivity contribution in [3.63, 3.8) is 0 Å². The maximum absolute atomic E-state index is 17.4. The Hall–Kier alpha value is -2.20. The highest BCUT2D eigenvalue weighted by molar-refractivity contribution is 6.01. The fraction of sp³-hybridized carbons (Fsp3) is 0.750. The van der Waals surface area contributed by atoms with Crippen molar-refractivity contribution in [3.8, 4) is 0 Å². The molecule has 0 amide bonds. The first kappa shape index (κ1) is 27.4. The number of carbonyl (C=O) groups is 3. The molecule has 1 aliphatic heterocycles. The van der Waals surface area contributed by atoms with Crippen molar-refractivity contribution in [2.24, 2.45) is 28.6 Å². The first-order valence-electron chi connectivity index (χ1n) is 13.3. The normalized spacial score (nSPS) is 49.5. The summed E-state index contributed by atoms with van der Waals surface area (Å²) in [5.41, 5.74) is -8.77. The number of aliphatic hydroxyl groups excluding tert-OH is 1. The Morgan fingerprint density at radius 2 is 1.89 bits per heavy atom. The molecule has 1 N–H and O–H groups in total. The molecule has 10 atom stereocenters. The third kappa shape index (κ3) is 3.25. The predicted octanol–water partition coefficient (Wildman–Crippen LogP) is 3.87. The molecule has 5 aliphatic rings. The lowest BCUT2D eigenvalue weighted by molar-refractivity contribution is -0.245. The van der Waals surface area contributed by atoms with Crippen molar-refractivity contribution >= 4 is 17.7 Å². The average Bonchev–Trinajstić information content (AvgIpc) is 3.39. The van der Waals surface area contributed by atoms with Crippen LogP contribution in [0.25, 0.3) is 0 Å². The summed E-state index contributed by atoms with van der Waals surface area (Å²) in [6.45, 7) is 5.15. The second-order valence-electron chi connectivity index (χ2n) is 12.3. The number of hydrogen-bond acceptors (Lipinski definition) is 7. The zero-order valence-electron chi connectivity index (χ0n) is 22.1. The minimum absolute atomic E-state index is 0.0155. The Labute approximate surface area is 219 Å². The van der Waals surface area contributed by atoms with Crippen LogP contribution in [0, 0.1) is 28.6 Å². The van der Waals surface area contributed by atoms with E-state index in [1.165, 1.54) is 19.1 Å². The van der Waals surface area contributed by atoms with Gasteiger partial charge in [-0.1, -0.05) is 19.9 Å². The highest BCUT2D eigenvalue weighted by Gasteiger charge is 2.79. The molecule has 2 unspecified atom stereocenters. The van der Waals surface area contributed by atoms with Crippen LogP contribution in [-0.2, 0) is 28.6 Å². The van der Waals surface area contributed by atoms with Gasteiger partial charge in [0.2, 0.25) is 12.5 Å². The van der Waals surface area contributed by atoms with Crippen LogP contribution in [0.15, 0.2) is 23.8 Å². The molecule has 4 fully saturated rings. The Balaban J connectivity index is 1.62. The van der Waals surface area contributed by atoms with Gasteiger partial charge in [-0.2, -0.15) is 0 Å². The second kappa shape index (κ2) is 8.65. The molecule has 0 spiro atoms. The maximum atomic E-state index is 17.4. The van der Waals surface area contributed by atoms with Crippen molar-refractivity contribution in [2.45, 2.75) is 88.9 Å². The van der Waals surface area contributed by atoms with Gasteiger partial charge in [-0.15, -0.1) is 0 Å². The first-order valence-corrected chi connectivity index (χ1v) is 13.3. The molecule has 1 heterocycles. The van der Waals surface area contributed by atoms with E-state index in [1.807, 2.05) is 0 Å². The summed E-state index contributed by atoms with van der Waals surface area (Å²) in [7, 11) is 0. The van der Waals surface area contributed by atoms with Crippen molar-refractivity contribution in [1.29, 1.82) is 0 Å². The van der Waals surface area contributed by atoms with E-state index >= 15 is 8.78 Å². The Morgan fingerprint density at radius 3 is 2.53 bits per heavy atom. The number of carbonyl (C=O) groups excluding carboxylic acids is 3. The molecule has 5 rings (SSSR count). The molecule has 3 saturated carbocycles. The average molecular weight is 541 g/mol. The third-order valence-corrected chi connectivity index (χ3v) is 10.6. The summed E-state index contributed by atoms with van der Waals surface area (Å²) in [5, 5.41) is 11.5. The van der Waals surface area contributed by atoms with Gasteiger partial charge < -0.3 is 19.3 Å². The van der Waals surface area contributed by atoms with Crippen LogP contribution in [0.2, 0.25) is 0 Å². The summed E-state index contributed by atoms with van der Waals surface area (Å²) in [5.74, 6) is -4.96. The standard InChI is InChI=1S/C28H35F3O7/c1-15-10-17-18-12-20(30)19-11-16(32)6-8-24(19,2)27(18,31)21(33)13-25(17,3)28(15,23(35)36-14-29)38-22(34)26(4)7-5-9-37-26/h6,8,11,15,17-18,20-21,33H,5,7,9-10,12-14H2,1-4H3/t15-,17?,18?,20+,21+,24+,25+,26+,27+,28+/m1/s1. The number of hydrogen-bond donors (Lipinski definition) is 1. The van der Waals surface area contributed by atoms with Crippen LogP contribution in [0.1, 0.15) is 59.8 Å². The van der Waals surface area contributed by atoms with Gasteiger partial charge in [0.1, 0.15) is 6.17 Å². The van der Waals surface area contributed by atoms with E-state index in [2.05, 4.69) is 0 Å². The van der Waals surface area contributed by atoms with E-state index in [0.29, 0.717) is 19.4 Å². The molecular formula is C28H35F3O7. The fourth-order valence-electron chi connectivity index (χ4n) is 8.57. The molecule has 10 heteroatoms. The summed E-state index contributed by atoms with van der Waals surface area (Å²) >= 11 is 0. The molecule has 1 saturated heterocycles. The Morgan fingerprint density at radius 1 is 1.18 bits per heavy atom. The van der Waals surface area contributed by atoms with E-state index in [0.717, 1.165) is 6.08 Å². The number of allylic oxidation sites excluding steroid dienone is 4. The number of alkyl halides is 3. The van der Waals surface area contributed by atoms with E-state index < -0.39 is 82.3 Å². The number of fused-ring (bicyclic) bond motifs is 5. The first-order chi connectivity index (χ1) is 17.7. The third-order valence-electron chi connectivity index (χ3n) is 10.6. The maximum Gasteiger partial charge on any atom is 0.353 e. The Bertz CT molecular complexity index is 1120. The van der Waals surface area contributed by atoms with Crippen LogP contribution in [-0.4, -0.2) is 65.4 Å². The van der Waals surface area contributed by atoms with Crippen molar-refractivity contribution in [2.75, 3.05) is 13.5 Å². The summed E-state index contributed by atoms with van der Waals surface area (Å²) < 4.78 is 62.9. The number of aliphatic hydroxyl groups is 1. The largest absolute Gasteiger partial charge is 0.444 e. The molecule has 210 valence electrons. The lowest BCUT2D eigenvalue weighted by Gasteiger charge is -2.63. The number of ether oxygens (including phenoxy) is 3. The van der Waals surface area contributed by atoms with Crippen LogP contribution in [0.4, 0.5) is 13.2 Å². The van der Waals surface area contributed by atoms with Gasteiger partial charge >= 0.3 is 11.9 Å². The number of ketones is 1. The topological polar surface area (TPSA) is 99.1 Å². The summed E-state index contributed by atoms with van der Waals surface area (Å²) in [6.07, 6.45) is 0.701. The van der Waals surface area contributed by atoms with Gasteiger partial charge in [-0.3, -0.25) is 4.79 Å². The fourth-order valence-corrected chi connectivity index (χ4v) is 8.57. The molecule has 0 bridgehead atoms. The van der Waals surface area contributed by atoms with Gasteiger partial charge in [-0.25, -0.2) is 22.8 Å². The van der Waals surface area contributed by atoms with Gasteiger partial charge in [0.15, 0.2) is 17.1 Å². The smallest absolute Gasteiger partial charge is 0.353 e. The molecule has 0 aromatic carbocycles. The zero-order chi connectivity index (χ0) is 27.9. The highest BCUT2D eigenvalue weighted by atomic mass is 19.1. The van der Waals surface area contributed by atoms with Gasteiger partial charge in [0.05, 0.1) is 6.10 Å². The summed E-state index contributed by atoms with van der Waals surface area (Å²) in [4.78, 5) is 39.0. The van der Waals surface area contributed by atoms with Crippen molar-refractivity contribution < 1.29 is 46.9 Å². The van der Waals surface area contributed by atoms with Crippen LogP contribution >= 0.6 is 0 Å². The molecule has 0 aromatic heterocycles. The number of halogens is 3. The van der Waals surface area contributed by atoms with Gasteiger partial charge in [0.25, 0.3) is 0 Å². The van der Waals surface area contributed by atoms with Crippen LogP contribution in [0.3, 0.4) is 0 Å². The lowest BCUT2D eigenvalue weighted by atomic mass is 9.44. The second-order valence-corrected chi connectivity index (χ2v) is 12.3. The van der Waals surface area contributed by atoms with E-state index in [-0.39, 0.29) is 24.8 Å². The van der Waals surface area contributed by atoms with E-state index in [4.69, 9.17) is 14.2 Å². The minimum Gasteiger partial charge on any atom is -0.444 e. The predicted molar refractivity (Wildman–Crippen MR) is 128 cm³/mol. The van der Waals surface area contributed by atoms with Crippen molar-refractivity contribution in [1.82, 2.24) is 0 Å². The highest BCUT2D eigenvalue weighted by Crippen LogP contribution is 2.71. The molecule has 0 aromatic rings. The molecular weight excluding hydrogens is 505 g/mol. The van der Waals surface area contributed by atoms with Gasteiger partial charge in [-0.05, 0) is 69.6 Å². The van der Waals surface area contributed by atoms with Gasteiger partial charge in [0, 0.05) is 29.3 Å². The number of rotatable bonds is 4. The minimum atomic E-state index is -2.37. The van der Waals surface area contributed by atoms with Crippen LogP contribution in [0.5, 0.6) is 0 Å². The van der Waals surface area contributed by atoms with E-state index in [1.54, 1.807) is 20.8 Å². The molecule has 4 aliphatic carbocycles. The zero-order valence-corrected chi connectivity index (χ0v) is 22.1. The quantitative estimate of drug-likeness (QED) is 0.541.